The van der Waals surface area contributed by atoms with Crippen molar-refractivity contribution < 1.29 is 14.3 Å². The molecule has 0 aromatic rings. The number of hydrogen-bond donors (Lipinski definition) is 0. The molecule has 0 atom stereocenters. The lowest BCUT2D eigenvalue weighted by molar-refractivity contribution is -0.140. The summed E-state index contributed by atoms with van der Waals surface area (Å²) in [7, 11) is 0. The zero-order chi connectivity index (χ0) is 12.0. The number of carbonyl (C=O) groups excluding carboxylic acids is 2. The highest BCUT2D eigenvalue weighted by Gasteiger charge is 2.27. The number of carbonyl (C=O) groups is 2. The van der Waals surface area contributed by atoms with Crippen LogP contribution in [-0.2, 0) is 14.3 Å². The van der Waals surface area contributed by atoms with Gasteiger partial charge in [0.05, 0.1) is 6.61 Å². The zero-order valence-electron chi connectivity index (χ0n) is 9.49. The maximum atomic E-state index is 11.6. The smallest absolute Gasteiger partial charge is 0.341 e. The molecule has 0 amide bonds. The summed E-state index contributed by atoms with van der Waals surface area (Å²) in [4.78, 5) is 22.9. The number of ether oxygens (including phenoxy) is 1. The van der Waals surface area contributed by atoms with Crippen molar-refractivity contribution in [2.75, 3.05) is 6.61 Å². The van der Waals surface area contributed by atoms with E-state index in [0.717, 1.165) is 5.57 Å². The van der Waals surface area contributed by atoms with Gasteiger partial charge in [-0.25, -0.2) is 4.79 Å². The minimum Gasteiger partial charge on any atom is -0.462 e. The highest BCUT2D eigenvalue weighted by atomic mass is 16.5. The van der Waals surface area contributed by atoms with E-state index in [-0.39, 0.29) is 11.4 Å². The third kappa shape index (κ3) is 3.19. The van der Waals surface area contributed by atoms with Gasteiger partial charge in [-0.2, -0.15) is 0 Å². The van der Waals surface area contributed by atoms with Crippen molar-refractivity contribution in [2.24, 2.45) is 0 Å². The quantitative estimate of drug-likeness (QED) is 0.309. The molecule has 3 heteroatoms. The Morgan fingerprint density at radius 2 is 2.25 bits per heavy atom. The van der Waals surface area contributed by atoms with Gasteiger partial charge in [0.2, 0.25) is 0 Å². The number of ketones is 1. The van der Waals surface area contributed by atoms with E-state index in [4.69, 9.17) is 4.74 Å². The maximum absolute atomic E-state index is 11.6. The maximum Gasteiger partial charge on any atom is 0.341 e. The van der Waals surface area contributed by atoms with Crippen LogP contribution in [0.2, 0.25) is 0 Å². The fourth-order valence-corrected chi connectivity index (χ4v) is 1.56. The number of esters is 1. The molecule has 0 heterocycles. The Bertz CT molecular complexity index is 361. The molecule has 0 unspecified atom stereocenters. The van der Waals surface area contributed by atoms with Crippen molar-refractivity contribution in [3.05, 3.63) is 36.0 Å². The molecule has 1 rings (SSSR count). The number of rotatable bonds is 5. The van der Waals surface area contributed by atoms with Crippen molar-refractivity contribution in [1.82, 2.24) is 0 Å². The standard InChI is InChI=1S/C13H16O3/c1-3-4-5-6-9-16-13(15)12-10(2)7-8-11(12)14/h3-5H,1,6-9H2,2H3/b5-4+. The Morgan fingerprint density at radius 3 is 2.81 bits per heavy atom. The molecule has 86 valence electrons. The van der Waals surface area contributed by atoms with Crippen LogP contribution >= 0.6 is 0 Å². The van der Waals surface area contributed by atoms with Crippen molar-refractivity contribution in [3.8, 4) is 0 Å². The van der Waals surface area contributed by atoms with Gasteiger partial charge < -0.3 is 4.74 Å². The van der Waals surface area contributed by atoms with Crippen LogP contribution in [0.25, 0.3) is 0 Å². The Labute approximate surface area is 95.5 Å². The molecule has 0 N–H and O–H groups in total. The molecule has 0 radical (unpaired) electrons. The monoisotopic (exact) mass is 220 g/mol. The molecule has 3 nitrogen and oxygen atoms in total. The first kappa shape index (κ1) is 12.4. The van der Waals surface area contributed by atoms with Gasteiger partial charge in [0.15, 0.2) is 5.78 Å². The fourth-order valence-electron chi connectivity index (χ4n) is 1.56. The topological polar surface area (TPSA) is 43.4 Å². The van der Waals surface area contributed by atoms with E-state index in [2.05, 4.69) is 6.58 Å². The average molecular weight is 220 g/mol. The summed E-state index contributed by atoms with van der Waals surface area (Å²) in [5.74, 6) is -0.573. The predicted molar refractivity (Wildman–Crippen MR) is 61.9 cm³/mol. The molecule has 16 heavy (non-hydrogen) atoms. The van der Waals surface area contributed by atoms with Gasteiger partial charge in [0.25, 0.3) is 0 Å². The molecule has 0 aromatic heterocycles. The van der Waals surface area contributed by atoms with Crippen LogP contribution in [0.3, 0.4) is 0 Å². The molecule has 0 spiro atoms. The van der Waals surface area contributed by atoms with Crippen LogP contribution in [0.5, 0.6) is 0 Å². The average Bonchev–Trinajstić information content (AvgIpc) is 2.58. The van der Waals surface area contributed by atoms with Crippen LogP contribution in [-0.4, -0.2) is 18.4 Å². The predicted octanol–water partition coefficient (Wildman–Crippen LogP) is 2.34. The second-order valence-electron chi connectivity index (χ2n) is 3.67. The summed E-state index contributed by atoms with van der Waals surface area (Å²) in [6, 6.07) is 0. The second kappa shape index (κ2) is 6.05. The summed E-state index contributed by atoms with van der Waals surface area (Å²) in [5, 5.41) is 0. The fraction of sp³-hybridized carbons (Fsp3) is 0.385. The first-order valence-electron chi connectivity index (χ1n) is 5.34. The van der Waals surface area contributed by atoms with E-state index in [1.165, 1.54) is 0 Å². The van der Waals surface area contributed by atoms with E-state index < -0.39 is 5.97 Å². The molecule has 0 saturated heterocycles. The van der Waals surface area contributed by atoms with Gasteiger partial charge in [0, 0.05) is 6.42 Å². The zero-order valence-corrected chi connectivity index (χ0v) is 9.49. The van der Waals surface area contributed by atoms with Crippen LogP contribution < -0.4 is 0 Å². The summed E-state index contributed by atoms with van der Waals surface area (Å²) in [6.07, 6.45) is 7.07. The van der Waals surface area contributed by atoms with Crippen molar-refractivity contribution in [1.29, 1.82) is 0 Å². The molecular weight excluding hydrogens is 204 g/mol. The molecular formula is C13H16O3. The third-order valence-electron chi connectivity index (χ3n) is 2.43. The van der Waals surface area contributed by atoms with Crippen LogP contribution in [0, 0.1) is 0 Å². The van der Waals surface area contributed by atoms with Gasteiger partial charge in [0.1, 0.15) is 5.57 Å². The number of hydrogen-bond acceptors (Lipinski definition) is 3. The van der Waals surface area contributed by atoms with Gasteiger partial charge in [-0.15, -0.1) is 0 Å². The highest BCUT2D eigenvalue weighted by molar-refractivity contribution is 6.19. The van der Waals surface area contributed by atoms with E-state index >= 15 is 0 Å². The second-order valence-corrected chi connectivity index (χ2v) is 3.67. The largest absolute Gasteiger partial charge is 0.462 e. The van der Waals surface area contributed by atoms with Gasteiger partial charge in [-0.1, -0.05) is 30.4 Å². The lowest BCUT2D eigenvalue weighted by Gasteiger charge is -2.03. The summed E-state index contributed by atoms with van der Waals surface area (Å²) < 4.78 is 5.01. The highest BCUT2D eigenvalue weighted by Crippen LogP contribution is 2.23. The minimum atomic E-state index is -0.480. The van der Waals surface area contributed by atoms with Crippen LogP contribution in [0.4, 0.5) is 0 Å². The van der Waals surface area contributed by atoms with E-state index in [1.807, 2.05) is 6.08 Å². The lowest BCUT2D eigenvalue weighted by Crippen LogP contribution is -2.13. The molecule has 0 aromatic carbocycles. The van der Waals surface area contributed by atoms with E-state index in [1.54, 1.807) is 19.1 Å². The Hall–Kier alpha value is -1.64. The van der Waals surface area contributed by atoms with Gasteiger partial charge >= 0.3 is 5.97 Å². The van der Waals surface area contributed by atoms with Crippen molar-refractivity contribution in [2.45, 2.75) is 26.2 Å². The molecule has 0 aliphatic heterocycles. The third-order valence-corrected chi connectivity index (χ3v) is 2.43. The molecule has 1 aliphatic rings. The summed E-state index contributed by atoms with van der Waals surface area (Å²) in [6.45, 7) is 5.63. The molecule has 0 bridgehead atoms. The van der Waals surface area contributed by atoms with Crippen molar-refractivity contribution >= 4 is 11.8 Å². The first-order valence-corrected chi connectivity index (χ1v) is 5.34. The Balaban J connectivity index is 2.41. The summed E-state index contributed by atoms with van der Waals surface area (Å²) >= 11 is 0. The molecule has 0 fully saturated rings. The van der Waals surface area contributed by atoms with Crippen molar-refractivity contribution in [3.63, 3.8) is 0 Å². The minimum absolute atomic E-state index is 0.0934. The van der Waals surface area contributed by atoms with Crippen LogP contribution in [0.15, 0.2) is 36.0 Å². The van der Waals surface area contributed by atoms with E-state index in [9.17, 15) is 9.59 Å². The molecule has 0 saturated carbocycles. The van der Waals surface area contributed by atoms with E-state index in [0.29, 0.717) is 25.9 Å². The van der Waals surface area contributed by atoms with Gasteiger partial charge in [-0.05, 0) is 19.8 Å². The number of Topliss-reactive ketones (excluding diaryl/α,β-unsaturated/α-hetero) is 1. The SMILES string of the molecule is C=C/C=C/CCOC(=O)C1=C(C)CCC1=O. The first-order chi connectivity index (χ1) is 7.66. The van der Waals surface area contributed by atoms with Gasteiger partial charge in [-0.3, -0.25) is 4.79 Å². The lowest BCUT2D eigenvalue weighted by atomic mass is 10.2. The number of allylic oxidation sites excluding steroid dienone is 3. The Kier molecular flexibility index (Phi) is 4.70. The Morgan fingerprint density at radius 1 is 1.50 bits per heavy atom. The molecule has 1 aliphatic carbocycles. The van der Waals surface area contributed by atoms with Crippen LogP contribution in [0.1, 0.15) is 26.2 Å². The normalized spacial score (nSPS) is 15.9. The summed E-state index contributed by atoms with van der Waals surface area (Å²) in [5.41, 5.74) is 1.10.